The molecule has 3 aromatic rings. The van der Waals surface area contributed by atoms with Crippen molar-refractivity contribution in [3.8, 4) is 0 Å². The van der Waals surface area contributed by atoms with E-state index in [4.69, 9.17) is 4.74 Å². The maximum atomic E-state index is 13.1. The maximum absolute atomic E-state index is 13.1. The fourth-order valence-electron chi connectivity index (χ4n) is 3.53. The summed E-state index contributed by atoms with van der Waals surface area (Å²) in [6.45, 7) is 2.02. The molecule has 170 valence electrons. The molecule has 3 rings (SSSR count). The molecule has 6 heteroatoms. The zero-order valence-corrected chi connectivity index (χ0v) is 18.6. The summed E-state index contributed by atoms with van der Waals surface area (Å²) >= 11 is 0. The van der Waals surface area contributed by atoms with E-state index in [9.17, 15) is 14.4 Å². The number of carbonyl (C=O) groups excluding carboxylic acids is 3. The summed E-state index contributed by atoms with van der Waals surface area (Å²) in [5, 5.41) is 5.91. The summed E-state index contributed by atoms with van der Waals surface area (Å²) in [5.74, 6) is -0.928. The number of hydrogen-bond donors (Lipinski definition) is 2. The van der Waals surface area contributed by atoms with E-state index in [1.807, 2.05) is 66.7 Å². The Bertz CT molecular complexity index is 1040. The van der Waals surface area contributed by atoms with Crippen molar-refractivity contribution in [1.82, 2.24) is 10.6 Å². The molecule has 0 aliphatic carbocycles. The van der Waals surface area contributed by atoms with Gasteiger partial charge in [-0.1, -0.05) is 78.9 Å². The van der Waals surface area contributed by atoms with Crippen molar-refractivity contribution >= 4 is 17.8 Å². The first-order valence-electron chi connectivity index (χ1n) is 11.0. The van der Waals surface area contributed by atoms with Gasteiger partial charge in [0, 0.05) is 5.56 Å². The van der Waals surface area contributed by atoms with E-state index in [1.165, 1.54) is 0 Å². The molecule has 6 nitrogen and oxygen atoms in total. The molecule has 2 atom stereocenters. The predicted octanol–water partition coefficient (Wildman–Crippen LogP) is 4.36. The van der Waals surface area contributed by atoms with Crippen LogP contribution in [-0.2, 0) is 14.3 Å². The van der Waals surface area contributed by atoms with E-state index in [0.29, 0.717) is 5.56 Å². The van der Waals surface area contributed by atoms with Gasteiger partial charge in [-0.2, -0.15) is 0 Å². The van der Waals surface area contributed by atoms with Crippen LogP contribution in [0, 0.1) is 0 Å². The molecule has 2 N–H and O–H groups in total. The molecule has 0 fully saturated rings. The molecular formula is C27H28N2O4. The van der Waals surface area contributed by atoms with E-state index in [1.54, 1.807) is 31.2 Å². The Morgan fingerprint density at radius 2 is 1.18 bits per heavy atom. The molecule has 0 saturated carbocycles. The third kappa shape index (κ3) is 7.31. The largest absolute Gasteiger partial charge is 0.466 e. The Morgan fingerprint density at radius 1 is 0.697 bits per heavy atom. The molecule has 2 amide bonds. The van der Waals surface area contributed by atoms with Gasteiger partial charge in [0.15, 0.2) is 0 Å². The summed E-state index contributed by atoms with van der Waals surface area (Å²) in [4.78, 5) is 37.9. The Hall–Kier alpha value is -3.93. The number of nitrogens with one attached hydrogen (secondary N) is 2. The van der Waals surface area contributed by atoms with Gasteiger partial charge in [0.05, 0.1) is 31.5 Å². The first-order chi connectivity index (χ1) is 16.1. The van der Waals surface area contributed by atoms with Crippen LogP contribution in [0.5, 0.6) is 0 Å². The third-order valence-corrected chi connectivity index (χ3v) is 5.15. The minimum absolute atomic E-state index is 0.0226. The van der Waals surface area contributed by atoms with Gasteiger partial charge < -0.3 is 15.4 Å². The number of esters is 1. The van der Waals surface area contributed by atoms with Crippen LogP contribution in [0.3, 0.4) is 0 Å². The highest BCUT2D eigenvalue weighted by atomic mass is 16.5. The van der Waals surface area contributed by atoms with Gasteiger partial charge in [0.2, 0.25) is 5.91 Å². The SMILES string of the molecule is CCOC(=O)C[C@H](NC(=O)C[C@@H](NC(=O)c1ccccc1)c1ccccc1)c1ccccc1. The van der Waals surface area contributed by atoms with Gasteiger partial charge in [-0.3, -0.25) is 14.4 Å². The van der Waals surface area contributed by atoms with Crippen molar-refractivity contribution in [1.29, 1.82) is 0 Å². The monoisotopic (exact) mass is 444 g/mol. The van der Waals surface area contributed by atoms with Crippen LogP contribution in [0.15, 0.2) is 91.0 Å². The third-order valence-electron chi connectivity index (χ3n) is 5.15. The van der Waals surface area contributed by atoms with Gasteiger partial charge in [0.25, 0.3) is 5.91 Å². The molecule has 0 saturated heterocycles. The lowest BCUT2D eigenvalue weighted by Crippen LogP contribution is -2.36. The van der Waals surface area contributed by atoms with Crippen LogP contribution in [-0.4, -0.2) is 24.4 Å². The first kappa shape index (κ1) is 23.7. The number of amides is 2. The van der Waals surface area contributed by atoms with Gasteiger partial charge in [-0.25, -0.2) is 0 Å². The van der Waals surface area contributed by atoms with Crippen molar-refractivity contribution in [2.24, 2.45) is 0 Å². The van der Waals surface area contributed by atoms with Crippen LogP contribution in [0.25, 0.3) is 0 Å². The second-order valence-electron chi connectivity index (χ2n) is 7.55. The molecule has 0 aliphatic rings. The van der Waals surface area contributed by atoms with E-state index in [2.05, 4.69) is 10.6 Å². The standard InChI is InChI=1S/C27H28N2O4/c1-2-33-26(31)19-24(21-14-8-4-9-15-21)28-25(30)18-23(20-12-6-3-7-13-20)29-27(32)22-16-10-5-11-17-22/h3-17,23-24H,2,18-19H2,1H3,(H,28,30)(H,29,32)/t23-,24+/m1/s1. The predicted molar refractivity (Wildman–Crippen MR) is 126 cm³/mol. The van der Waals surface area contributed by atoms with Crippen molar-refractivity contribution in [2.75, 3.05) is 6.61 Å². The smallest absolute Gasteiger partial charge is 0.308 e. The Morgan fingerprint density at radius 3 is 1.70 bits per heavy atom. The second-order valence-corrected chi connectivity index (χ2v) is 7.55. The fourth-order valence-corrected chi connectivity index (χ4v) is 3.53. The Labute approximate surface area is 194 Å². The van der Waals surface area contributed by atoms with Crippen molar-refractivity contribution in [2.45, 2.75) is 31.8 Å². The summed E-state index contributed by atoms with van der Waals surface area (Å²) in [6, 6.07) is 26.5. The minimum Gasteiger partial charge on any atom is -0.466 e. The van der Waals surface area contributed by atoms with Crippen LogP contribution >= 0.6 is 0 Å². The second kappa shape index (κ2) is 12.2. The lowest BCUT2D eigenvalue weighted by atomic mass is 10.0. The highest BCUT2D eigenvalue weighted by Crippen LogP contribution is 2.21. The average molecular weight is 445 g/mol. The summed E-state index contributed by atoms with van der Waals surface area (Å²) < 4.78 is 5.08. The summed E-state index contributed by atoms with van der Waals surface area (Å²) in [6.07, 6.45) is 0.0463. The lowest BCUT2D eigenvalue weighted by Gasteiger charge is -2.22. The van der Waals surface area contributed by atoms with E-state index >= 15 is 0 Å². The molecule has 0 spiro atoms. The molecular weight excluding hydrogens is 416 g/mol. The van der Waals surface area contributed by atoms with Crippen molar-refractivity contribution < 1.29 is 19.1 Å². The Balaban J connectivity index is 1.75. The van der Waals surface area contributed by atoms with E-state index in [-0.39, 0.29) is 37.2 Å². The number of ether oxygens (including phenoxy) is 1. The number of carbonyl (C=O) groups is 3. The highest BCUT2D eigenvalue weighted by molar-refractivity contribution is 5.94. The molecule has 3 aromatic carbocycles. The number of hydrogen-bond acceptors (Lipinski definition) is 4. The molecule has 0 bridgehead atoms. The van der Waals surface area contributed by atoms with Crippen molar-refractivity contribution in [3.05, 3.63) is 108 Å². The van der Waals surface area contributed by atoms with Crippen molar-refractivity contribution in [3.63, 3.8) is 0 Å². The van der Waals surface area contributed by atoms with Crippen LogP contribution in [0.1, 0.15) is 53.3 Å². The molecule has 0 heterocycles. The average Bonchev–Trinajstić information content (AvgIpc) is 2.85. The number of benzene rings is 3. The van der Waals surface area contributed by atoms with Crippen LogP contribution in [0.4, 0.5) is 0 Å². The fraction of sp³-hybridized carbons (Fsp3) is 0.222. The summed E-state index contributed by atoms with van der Waals surface area (Å²) in [7, 11) is 0. The van der Waals surface area contributed by atoms with Gasteiger partial charge in [-0.15, -0.1) is 0 Å². The maximum Gasteiger partial charge on any atom is 0.308 e. The topological polar surface area (TPSA) is 84.5 Å². The van der Waals surface area contributed by atoms with Crippen LogP contribution in [0.2, 0.25) is 0 Å². The first-order valence-corrected chi connectivity index (χ1v) is 11.0. The zero-order valence-electron chi connectivity index (χ0n) is 18.6. The minimum atomic E-state index is -0.530. The summed E-state index contributed by atoms with van der Waals surface area (Å²) in [5.41, 5.74) is 2.14. The highest BCUT2D eigenvalue weighted by Gasteiger charge is 2.23. The normalized spacial score (nSPS) is 12.3. The Kier molecular flexibility index (Phi) is 8.77. The van der Waals surface area contributed by atoms with E-state index in [0.717, 1.165) is 11.1 Å². The molecule has 0 aliphatic heterocycles. The quantitative estimate of drug-likeness (QED) is 0.455. The van der Waals surface area contributed by atoms with Gasteiger partial charge in [-0.05, 0) is 30.2 Å². The molecule has 0 radical (unpaired) electrons. The number of rotatable bonds is 10. The molecule has 0 aromatic heterocycles. The van der Waals surface area contributed by atoms with Gasteiger partial charge in [0.1, 0.15) is 0 Å². The molecule has 33 heavy (non-hydrogen) atoms. The van der Waals surface area contributed by atoms with E-state index < -0.39 is 12.1 Å². The molecule has 0 unspecified atom stereocenters. The van der Waals surface area contributed by atoms with Gasteiger partial charge >= 0.3 is 5.97 Å². The zero-order chi connectivity index (χ0) is 23.5. The lowest BCUT2D eigenvalue weighted by molar-refractivity contribution is -0.143. The van der Waals surface area contributed by atoms with Crippen LogP contribution < -0.4 is 10.6 Å².